The van der Waals surface area contributed by atoms with Gasteiger partial charge < -0.3 is 4.42 Å². The van der Waals surface area contributed by atoms with E-state index in [2.05, 4.69) is 18.4 Å². The largest absolute Gasteiger partial charge is 0.467 e. The molecule has 6 heteroatoms. The van der Waals surface area contributed by atoms with Gasteiger partial charge in [-0.1, -0.05) is 41.7 Å². The highest BCUT2D eigenvalue weighted by molar-refractivity contribution is 7.98. The van der Waals surface area contributed by atoms with Crippen LogP contribution in [-0.4, -0.2) is 17.1 Å². The van der Waals surface area contributed by atoms with Crippen LogP contribution in [0.2, 0.25) is 0 Å². The Kier molecular flexibility index (Phi) is 5.27. The number of amides is 1. The van der Waals surface area contributed by atoms with E-state index in [-0.39, 0.29) is 5.91 Å². The summed E-state index contributed by atoms with van der Waals surface area (Å²) in [5.74, 6) is 0.738. The number of carbonyl (C=O) groups excluding carboxylic acids is 1. The number of anilines is 1. The van der Waals surface area contributed by atoms with Gasteiger partial charge in [0.2, 0.25) is 5.91 Å². The number of fused-ring (bicyclic) bond motifs is 1. The normalized spacial score (nSPS) is 11.0. The minimum absolute atomic E-state index is 0.00162. The van der Waals surface area contributed by atoms with Gasteiger partial charge in [0.1, 0.15) is 5.76 Å². The van der Waals surface area contributed by atoms with Gasteiger partial charge in [0, 0.05) is 4.90 Å². The van der Waals surface area contributed by atoms with Crippen LogP contribution in [0, 0.1) is 0 Å². The zero-order valence-electron chi connectivity index (χ0n) is 14.8. The fourth-order valence-electron chi connectivity index (χ4n) is 2.82. The van der Waals surface area contributed by atoms with E-state index in [4.69, 9.17) is 9.40 Å². The second kappa shape index (κ2) is 7.98. The first kappa shape index (κ1) is 17.8. The number of benzene rings is 2. The summed E-state index contributed by atoms with van der Waals surface area (Å²) < 4.78 is 6.55. The summed E-state index contributed by atoms with van der Waals surface area (Å²) in [7, 11) is 0. The highest BCUT2D eigenvalue weighted by atomic mass is 32.2. The summed E-state index contributed by atoms with van der Waals surface area (Å²) in [6.45, 7) is 0.369. The molecule has 0 saturated carbocycles. The lowest BCUT2D eigenvalue weighted by Crippen LogP contribution is -2.31. The molecule has 0 atom stereocenters. The van der Waals surface area contributed by atoms with Gasteiger partial charge in [-0.3, -0.25) is 9.69 Å². The van der Waals surface area contributed by atoms with E-state index in [1.54, 1.807) is 22.9 Å². The zero-order valence-corrected chi connectivity index (χ0v) is 16.4. The van der Waals surface area contributed by atoms with Crippen molar-refractivity contribution in [3.63, 3.8) is 0 Å². The summed E-state index contributed by atoms with van der Waals surface area (Å²) in [4.78, 5) is 20.7. The van der Waals surface area contributed by atoms with Crippen LogP contribution in [0.5, 0.6) is 0 Å². The van der Waals surface area contributed by atoms with Crippen molar-refractivity contribution in [1.29, 1.82) is 0 Å². The standard InChI is InChI=1S/C21H18N2O2S2/c1-26-17-9-10-18-19(13-17)27-21(22-18)23(14-16-8-5-11-25-16)20(24)12-15-6-3-2-4-7-15/h2-11,13H,12,14H2,1H3. The predicted molar refractivity (Wildman–Crippen MR) is 111 cm³/mol. The molecule has 2 aromatic carbocycles. The van der Waals surface area contributed by atoms with Crippen molar-refractivity contribution < 1.29 is 9.21 Å². The molecule has 0 fully saturated rings. The van der Waals surface area contributed by atoms with Crippen LogP contribution in [0.25, 0.3) is 10.2 Å². The predicted octanol–water partition coefficient (Wildman–Crippen LogP) is 5.39. The van der Waals surface area contributed by atoms with Gasteiger partial charge in [-0.05, 0) is 42.2 Å². The maximum absolute atomic E-state index is 13.1. The van der Waals surface area contributed by atoms with Crippen LogP contribution in [-0.2, 0) is 17.8 Å². The van der Waals surface area contributed by atoms with Gasteiger partial charge in [0.05, 0.1) is 29.4 Å². The topological polar surface area (TPSA) is 46.3 Å². The smallest absolute Gasteiger partial charge is 0.233 e. The van der Waals surface area contributed by atoms with Crippen molar-refractivity contribution in [3.05, 3.63) is 78.3 Å². The lowest BCUT2D eigenvalue weighted by Gasteiger charge is -2.18. The van der Waals surface area contributed by atoms with E-state index >= 15 is 0 Å². The number of thioether (sulfide) groups is 1. The molecular weight excluding hydrogens is 376 g/mol. The van der Waals surface area contributed by atoms with Crippen LogP contribution in [0.15, 0.2) is 76.2 Å². The third-order valence-corrected chi connectivity index (χ3v) is 5.97. The highest BCUT2D eigenvalue weighted by Crippen LogP contribution is 2.32. The Morgan fingerprint density at radius 1 is 1.15 bits per heavy atom. The number of hydrogen-bond acceptors (Lipinski definition) is 5. The molecule has 4 nitrogen and oxygen atoms in total. The summed E-state index contributed by atoms with van der Waals surface area (Å²) >= 11 is 3.23. The van der Waals surface area contributed by atoms with Gasteiger partial charge in [-0.2, -0.15) is 0 Å². The van der Waals surface area contributed by atoms with Crippen LogP contribution in [0.3, 0.4) is 0 Å². The van der Waals surface area contributed by atoms with Crippen LogP contribution < -0.4 is 4.90 Å². The van der Waals surface area contributed by atoms with Crippen LogP contribution in [0.4, 0.5) is 5.13 Å². The van der Waals surface area contributed by atoms with Gasteiger partial charge in [0.15, 0.2) is 5.13 Å². The molecule has 27 heavy (non-hydrogen) atoms. The zero-order chi connectivity index (χ0) is 18.6. The molecule has 0 radical (unpaired) electrons. The molecule has 0 bridgehead atoms. The lowest BCUT2D eigenvalue weighted by atomic mass is 10.1. The Bertz CT molecular complexity index is 1040. The van der Waals surface area contributed by atoms with E-state index < -0.39 is 0 Å². The Morgan fingerprint density at radius 2 is 2.00 bits per heavy atom. The summed E-state index contributed by atoms with van der Waals surface area (Å²) in [6.07, 6.45) is 4.00. The Balaban J connectivity index is 1.67. The molecule has 0 unspecified atom stereocenters. The van der Waals surface area contributed by atoms with Gasteiger partial charge >= 0.3 is 0 Å². The second-order valence-corrected chi connectivity index (χ2v) is 7.94. The Labute approximate surface area is 165 Å². The number of furan rings is 1. The number of thiazole rings is 1. The third-order valence-electron chi connectivity index (χ3n) is 4.21. The van der Waals surface area contributed by atoms with Crippen molar-refractivity contribution in [2.75, 3.05) is 11.2 Å². The highest BCUT2D eigenvalue weighted by Gasteiger charge is 2.21. The van der Waals surface area contributed by atoms with Gasteiger partial charge in [-0.25, -0.2) is 4.98 Å². The van der Waals surface area contributed by atoms with Gasteiger partial charge in [0.25, 0.3) is 0 Å². The molecule has 2 heterocycles. The van der Waals surface area contributed by atoms with E-state index in [0.717, 1.165) is 21.5 Å². The first-order valence-electron chi connectivity index (χ1n) is 8.54. The molecule has 4 aromatic rings. The number of carbonyl (C=O) groups is 1. The van der Waals surface area contributed by atoms with Crippen LogP contribution in [0.1, 0.15) is 11.3 Å². The van der Waals surface area contributed by atoms with Crippen LogP contribution >= 0.6 is 23.1 Å². The summed E-state index contributed by atoms with van der Waals surface area (Å²) in [6, 6.07) is 19.7. The first-order chi connectivity index (χ1) is 13.2. The maximum Gasteiger partial charge on any atom is 0.233 e. The second-order valence-electron chi connectivity index (χ2n) is 6.05. The van der Waals surface area contributed by atoms with Gasteiger partial charge in [-0.15, -0.1) is 11.8 Å². The SMILES string of the molecule is CSc1ccc2nc(N(Cc3ccco3)C(=O)Cc3ccccc3)sc2c1. The molecule has 0 aliphatic carbocycles. The minimum Gasteiger partial charge on any atom is -0.467 e. The molecule has 2 aromatic heterocycles. The number of rotatable bonds is 6. The summed E-state index contributed by atoms with van der Waals surface area (Å²) in [5, 5.41) is 0.695. The van der Waals surface area contributed by atoms with E-state index in [1.807, 2.05) is 48.5 Å². The van der Waals surface area contributed by atoms with Crippen molar-refractivity contribution in [2.45, 2.75) is 17.9 Å². The van der Waals surface area contributed by atoms with Crippen molar-refractivity contribution >= 4 is 44.4 Å². The van der Waals surface area contributed by atoms with Crippen molar-refractivity contribution in [2.24, 2.45) is 0 Å². The van der Waals surface area contributed by atoms with E-state index in [1.165, 1.54) is 16.2 Å². The monoisotopic (exact) mass is 394 g/mol. The number of hydrogen-bond donors (Lipinski definition) is 0. The molecule has 0 aliphatic heterocycles. The number of aromatic nitrogens is 1. The van der Waals surface area contributed by atoms with E-state index in [0.29, 0.717) is 18.1 Å². The average molecular weight is 395 g/mol. The molecule has 0 spiro atoms. The quantitative estimate of drug-likeness (QED) is 0.412. The molecule has 136 valence electrons. The Morgan fingerprint density at radius 3 is 2.74 bits per heavy atom. The Hall–Kier alpha value is -2.57. The lowest BCUT2D eigenvalue weighted by molar-refractivity contribution is -0.118. The maximum atomic E-state index is 13.1. The summed E-state index contributed by atoms with van der Waals surface area (Å²) in [5.41, 5.74) is 1.89. The third kappa shape index (κ3) is 4.07. The first-order valence-corrected chi connectivity index (χ1v) is 10.6. The molecule has 0 N–H and O–H groups in total. The molecule has 4 rings (SSSR count). The molecular formula is C21H18N2O2S2. The molecule has 0 aliphatic rings. The van der Waals surface area contributed by atoms with E-state index in [9.17, 15) is 4.79 Å². The molecule has 0 saturated heterocycles. The number of nitrogens with zero attached hydrogens (tertiary/aromatic N) is 2. The van der Waals surface area contributed by atoms with Crippen molar-refractivity contribution in [3.8, 4) is 0 Å². The molecule has 1 amide bonds. The fraction of sp³-hybridized carbons (Fsp3) is 0.143. The minimum atomic E-state index is 0.00162. The fourth-order valence-corrected chi connectivity index (χ4v) is 4.36. The average Bonchev–Trinajstić information content (AvgIpc) is 3.35. The van der Waals surface area contributed by atoms with Crippen molar-refractivity contribution in [1.82, 2.24) is 4.98 Å².